The number of likely N-dealkylation sites (tertiary alicyclic amines) is 1. The number of nitrogens with one attached hydrogen (secondary N) is 2. The number of aromatic amines is 1. The number of alkyl halides is 4. The summed E-state index contributed by atoms with van der Waals surface area (Å²) < 4.78 is 51.7. The van der Waals surface area contributed by atoms with E-state index in [1.807, 2.05) is 0 Å². The number of H-pyrrole nitrogens is 1. The standard InChI is InChI=1S/C17H16F4N4O2/c1-22-14-5-10(18)8-25(14)15(26)7-24-16(27)12-6-23-13-4-9(17(19,20)21)2-3-11(12)13/h2-4,6,10,14,23H,1,5,7-8H2,(H,24,27)/t10?,14-/m0/s1. The molecule has 0 saturated carbocycles. The lowest BCUT2D eigenvalue weighted by molar-refractivity contribution is -0.137. The lowest BCUT2D eigenvalue weighted by atomic mass is 10.1. The van der Waals surface area contributed by atoms with E-state index in [0.29, 0.717) is 5.39 Å². The van der Waals surface area contributed by atoms with Gasteiger partial charge in [0, 0.05) is 23.5 Å². The molecule has 144 valence electrons. The van der Waals surface area contributed by atoms with Crippen LogP contribution in [0.3, 0.4) is 0 Å². The second-order valence-corrected chi connectivity index (χ2v) is 6.19. The number of carbonyl (C=O) groups excluding carboxylic acids is 2. The Kier molecular flexibility index (Phi) is 4.90. The molecule has 1 unspecified atom stereocenters. The van der Waals surface area contributed by atoms with E-state index >= 15 is 0 Å². The van der Waals surface area contributed by atoms with Crippen molar-refractivity contribution < 1.29 is 27.2 Å². The number of amides is 2. The van der Waals surface area contributed by atoms with E-state index in [2.05, 4.69) is 22.0 Å². The Morgan fingerprint density at radius 3 is 2.78 bits per heavy atom. The SMILES string of the molecule is C=N[C@@H]1CC(F)CN1C(=O)CNC(=O)c1c[nH]c2cc(C(F)(F)F)ccc12. The minimum atomic E-state index is -4.49. The maximum Gasteiger partial charge on any atom is 0.416 e. The van der Waals surface area contributed by atoms with Crippen LogP contribution in [0.4, 0.5) is 17.6 Å². The van der Waals surface area contributed by atoms with Gasteiger partial charge >= 0.3 is 6.18 Å². The van der Waals surface area contributed by atoms with E-state index in [0.717, 1.165) is 12.1 Å². The van der Waals surface area contributed by atoms with E-state index in [1.165, 1.54) is 17.2 Å². The largest absolute Gasteiger partial charge is 0.416 e. The highest BCUT2D eigenvalue weighted by Gasteiger charge is 2.34. The summed E-state index contributed by atoms with van der Waals surface area (Å²) in [6.45, 7) is 2.82. The maximum absolute atomic E-state index is 13.4. The van der Waals surface area contributed by atoms with Crippen molar-refractivity contribution in [1.82, 2.24) is 15.2 Å². The minimum absolute atomic E-state index is 0.0627. The molecular formula is C17H16F4N4O2. The third-order valence-electron chi connectivity index (χ3n) is 4.41. The Balaban J connectivity index is 1.69. The lowest BCUT2D eigenvalue weighted by Crippen LogP contribution is -2.42. The molecule has 0 aliphatic carbocycles. The van der Waals surface area contributed by atoms with Gasteiger partial charge in [0.15, 0.2) is 0 Å². The smallest absolute Gasteiger partial charge is 0.360 e. The van der Waals surface area contributed by atoms with E-state index in [1.54, 1.807) is 0 Å². The molecule has 1 aliphatic heterocycles. The Labute approximate surface area is 151 Å². The zero-order valence-electron chi connectivity index (χ0n) is 14.0. The van der Waals surface area contributed by atoms with E-state index in [-0.39, 0.29) is 30.6 Å². The van der Waals surface area contributed by atoms with Gasteiger partial charge in [-0.05, 0) is 18.9 Å². The summed E-state index contributed by atoms with van der Waals surface area (Å²) in [6, 6.07) is 2.98. The highest BCUT2D eigenvalue weighted by Crippen LogP contribution is 2.32. The highest BCUT2D eigenvalue weighted by atomic mass is 19.4. The van der Waals surface area contributed by atoms with Gasteiger partial charge in [-0.3, -0.25) is 14.6 Å². The van der Waals surface area contributed by atoms with Gasteiger partial charge in [-0.2, -0.15) is 13.2 Å². The molecule has 1 fully saturated rings. The van der Waals surface area contributed by atoms with Crippen LogP contribution in [0.1, 0.15) is 22.3 Å². The molecule has 2 atom stereocenters. The minimum Gasteiger partial charge on any atom is -0.360 e. The predicted octanol–water partition coefficient (Wildman–Crippen LogP) is 2.51. The number of halogens is 4. The van der Waals surface area contributed by atoms with Gasteiger partial charge in [0.05, 0.1) is 24.2 Å². The van der Waals surface area contributed by atoms with Crippen LogP contribution in [-0.4, -0.2) is 53.8 Å². The van der Waals surface area contributed by atoms with Crippen LogP contribution in [0.5, 0.6) is 0 Å². The van der Waals surface area contributed by atoms with Gasteiger partial charge in [0.2, 0.25) is 5.91 Å². The molecule has 1 saturated heterocycles. The molecule has 10 heteroatoms. The molecule has 27 heavy (non-hydrogen) atoms. The molecule has 1 aromatic heterocycles. The van der Waals surface area contributed by atoms with E-state index in [4.69, 9.17) is 0 Å². The summed E-state index contributed by atoms with van der Waals surface area (Å²) in [7, 11) is 0. The average Bonchev–Trinajstić information content (AvgIpc) is 3.21. The third-order valence-corrected chi connectivity index (χ3v) is 4.41. The first-order chi connectivity index (χ1) is 12.7. The number of fused-ring (bicyclic) bond motifs is 1. The van der Waals surface area contributed by atoms with Gasteiger partial charge in [-0.1, -0.05) is 6.07 Å². The fourth-order valence-electron chi connectivity index (χ4n) is 3.05. The topological polar surface area (TPSA) is 77.6 Å². The Morgan fingerprint density at radius 1 is 1.37 bits per heavy atom. The second kappa shape index (κ2) is 7.01. The normalized spacial score (nSPS) is 20.1. The van der Waals surface area contributed by atoms with Gasteiger partial charge < -0.3 is 15.2 Å². The van der Waals surface area contributed by atoms with Crippen molar-refractivity contribution in [3.63, 3.8) is 0 Å². The van der Waals surface area contributed by atoms with Crippen molar-refractivity contribution >= 4 is 29.4 Å². The molecule has 0 bridgehead atoms. The molecule has 2 N–H and O–H groups in total. The fourth-order valence-corrected chi connectivity index (χ4v) is 3.05. The van der Waals surface area contributed by atoms with Gasteiger partial charge in [0.1, 0.15) is 12.3 Å². The Morgan fingerprint density at radius 2 is 2.11 bits per heavy atom. The van der Waals surface area contributed by atoms with Crippen molar-refractivity contribution in [3.8, 4) is 0 Å². The van der Waals surface area contributed by atoms with Crippen molar-refractivity contribution in [2.75, 3.05) is 13.1 Å². The summed E-state index contributed by atoms with van der Waals surface area (Å²) in [5.74, 6) is -1.14. The quantitative estimate of drug-likeness (QED) is 0.628. The zero-order valence-corrected chi connectivity index (χ0v) is 14.0. The Bertz CT molecular complexity index is 893. The van der Waals surface area contributed by atoms with Crippen molar-refractivity contribution in [1.29, 1.82) is 0 Å². The van der Waals surface area contributed by atoms with Crippen LogP contribution >= 0.6 is 0 Å². The van der Waals surface area contributed by atoms with Gasteiger partial charge in [-0.15, -0.1) is 0 Å². The summed E-state index contributed by atoms with van der Waals surface area (Å²) in [4.78, 5) is 32.0. The molecule has 6 nitrogen and oxygen atoms in total. The summed E-state index contributed by atoms with van der Waals surface area (Å²) in [5.41, 5.74) is -0.580. The van der Waals surface area contributed by atoms with Gasteiger partial charge in [0.25, 0.3) is 5.91 Å². The molecule has 2 heterocycles. The van der Waals surface area contributed by atoms with E-state index in [9.17, 15) is 27.2 Å². The Hall–Kier alpha value is -2.91. The zero-order chi connectivity index (χ0) is 19.8. The number of carbonyl (C=O) groups is 2. The van der Waals surface area contributed by atoms with Crippen LogP contribution < -0.4 is 5.32 Å². The fraction of sp³-hybridized carbons (Fsp3) is 0.353. The molecule has 3 rings (SSSR count). The average molecular weight is 384 g/mol. The molecule has 1 aliphatic rings. The molecule has 2 aromatic rings. The number of hydrogen-bond acceptors (Lipinski definition) is 3. The maximum atomic E-state index is 13.4. The first kappa shape index (κ1) is 18.9. The summed E-state index contributed by atoms with van der Waals surface area (Å²) in [6.07, 6.45) is -5.03. The number of aromatic nitrogens is 1. The number of nitrogens with zero attached hydrogens (tertiary/aromatic N) is 2. The molecular weight excluding hydrogens is 368 g/mol. The first-order valence-electron chi connectivity index (χ1n) is 8.06. The molecule has 2 amide bonds. The first-order valence-corrected chi connectivity index (χ1v) is 8.06. The van der Waals surface area contributed by atoms with Gasteiger partial charge in [-0.25, -0.2) is 4.39 Å². The van der Waals surface area contributed by atoms with Crippen LogP contribution in [0.2, 0.25) is 0 Å². The molecule has 0 radical (unpaired) electrons. The van der Waals surface area contributed by atoms with E-state index < -0.39 is 35.9 Å². The number of rotatable bonds is 4. The number of benzene rings is 1. The molecule has 1 aromatic carbocycles. The highest BCUT2D eigenvalue weighted by molar-refractivity contribution is 6.07. The number of aliphatic imine (C=N–C) groups is 1. The van der Waals surface area contributed by atoms with Crippen LogP contribution in [-0.2, 0) is 11.0 Å². The monoisotopic (exact) mass is 384 g/mol. The second-order valence-electron chi connectivity index (χ2n) is 6.19. The summed E-state index contributed by atoms with van der Waals surface area (Å²) in [5, 5.41) is 2.70. The van der Waals surface area contributed by atoms with Crippen LogP contribution in [0.15, 0.2) is 29.4 Å². The lowest BCUT2D eigenvalue weighted by Gasteiger charge is -2.20. The van der Waals surface area contributed by atoms with Crippen molar-refractivity contribution in [2.24, 2.45) is 4.99 Å². The van der Waals surface area contributed by atoms with Crippen LogP contribution in [0, 0.1) is 0 Å². The van der Waals surface area contributed by atoms with Crippen molar-refractivity contribution in [3.05, 3.63) is 35.5 Å². The van der Waals surface area contributed by atoms with Crippen LogP contribution in [0.25, 0.3) is 10.9 Å². The predicted molar refractivity (Wildman–Crippen MR) is 90.2 cm³/mol. The van der Waals surface area contributed by atoms with Crippen molar-refractivity contribution in [2.45, 2.75) is 24.9 Å². The third kappa shape index (κ3) is 3.79. The summed E-state index contributed by atoms with van der Waals surface area (Å²) >= 11 is 0. The number of hydrogen-bond donors (Lipinski definition) is 2. The molecule has 0 spiro atoms.